The molecular weight excluding hydrogens is 138 g/mol. The Hall–Kier alpha value is -0.0800. The molecule has 0 aliphatic carbocycles. The Morgan fingerprint density at radius 2 is 1.91 bits per heavy atom. The van der Waals surface area contributed by atoms with Crippen LogP contribution >= 0.6 is 0 Å². The molecule has 0 heterocycles. The van der Waals surface area contributed by atoms with Crippen molar-refractivity contribution >= 4 is 0 Å². The number of rotatable bonds is 5. The van der Waals surface area contributed by atoms with Gasteiger partial charge in [-0.15, -0.1) is 0 Å². The third-order valence-electron chi connectivity index (χ3n) is 2.41. The van der Waals surface area contributed by atoms with E-state index in [0.717, 1.165) is 12.3 Å². The van der Waals surface area contributed by atoms with E-state index in [1.54, 1.807) is 0 Å². The molecule has 0 aliphatic heterocycles. The van der Waals surface area contributed by atoms with E-state index < -0.39 is 0 Å². The minimum absolute atomic E-state index is 0.0380. The minimum Gasteiger partial charge on any atom is -0.395 e. The van der Waals surface area contributed by atoms with Gasteiger partial charge in [0.25, 0.3) is 0 Å². The molecule has 0 aromatic carbocycles. The highest BCUT2D eigenvalue weighted by molar-refractivity contribution is 4.69. The molecule has 0 aromatic heterocycles. The molecule has 11 heavy (non-hydrogen) atoms. The molecule has 0 fully saturated rings. The summed E-state index contributed by atoms with van der Waals surface area (Å²) in [5.41, 5.74) is 5.67. The normalized spacial score (nSPS) is 19.4. The van der Waals surface area contributed by atoms with Gasteiger partial charge in [0.1, 0.15) is 0 Å². The van der Waals surface area contributed by atoms with E-state index in [9.17, 15) is 0 Å². The van der Waals surface area contributed by atoms with Gasteiger partial charge in [-0.25, -0.2) is 0 Å². The fraction of sp³-hybridized carbons (Fsp3) is 1.00. The van der Waals surface area contributed by atoms with Crippen molar-refractivity contribution in [3.63, 3.8) is 0 Å². The van der Waals surface area contributed by atoms with E-state index in [1.807, 2.05) is 0 Å². The highest BCUT2D eigenvalue weighted by Crippen LogP contribution is 2.16. The molecule has 68 valence electrons. The molecular formula is C9H21NO. The fourth-order valence-electron chi connectivity index (χ4n) is 1.16. The Morgan fingerprint density at radius 1 is 1.36 bits per heavy atom. The van der Waals surface area contributed by atoms with Gasteiger partial charge < -0.3 is 10.8 Å². The summed E-state index contributed by atoms with van der Waals surface area (Å²) in [5.74, 6) is 1.16. The predicted octanol–water partition coefficient (Wildman–Crippen LogP) is 1.38. The number of hydrogen-bond donors (Lipinski definition) is 2. The molecule has 0 spiro atoms. The van der Waals surface area contributed by atoms with Crippen LogP contribution in [-0.4, -0.2) is 17.8 Å². The van der Waals surface area contributed by atoms with E-state index >= 15 is 0 Å². The van der Waals surface area contributed by atoms with Gasteiger partial charge in [-0.1, -0.05) is 27.2 Å². The summed E-state index contributed by atoms with van der Waals surface area (Å²) in [6, 6.07) is -0.0380. The van der Waals surface area contributed by atoms with Crippen molar-refractivity contribution in [3.05, 3.63) is 0 Å². The van der Waals surface area contributed by atoms with E-state index in [-0.39, 0.29) is 12.6 Å². The Labute approximate surface area is 69.8 Å². The predicted molar refractivity (Wildman–Crippen MR) is 48.3 cm³/mol. The molecule has 0 bridgehead atoms. The number of nitrogens with two attached hydrogens (primary N) is 1. The van der Waals surface area contributed by atoms with Crippen molar-refractivity contribution in [1.29, 1.82) is 0 Å². The Morgan fingerprint density at radius 3 is 2.27 bits per heavy atom. The Kier molecular flexibility index (Phi) is 5.51. The zero-order valence-electron chi connectivity index (χ0n) is 7.88. The number of aliphatic hydroxyl groups is 1. The van der Waals surface area contributed by atoms with Crippen LogP contribution < -0.4 is 5.73 Å². The molecule has 2 heteroatoms. The van der Waals surface area contributed by atoms with Crippen LogP contribution in [-0.2, 0) is 0 Å². The SMILES string of the molecule is CCC(C)CC(C)[C@H](N)CO. The van der Waals surface area contributed by atoms with Gasteiger partial charge >= 0.3 is 0 Å². The summed E-state index contributed by atoms with van der Waals surface area (Å²) in [4.78, 5) is 0. The Bertz CT molecular complexity index is 95.6. The van der Waals surface area contributed by atoms with E-state index in [1.165, 1.54) is 6.42 Å². The second-order valence-corrected chi connectivity index (χ2v) is 3.57. The summed E-state index contributed by atoms with van der Waals surface area (Å²) in [6.45, 7) is 6.62. The largest absolute Gasteiger partial charge is 0.395 e. The third kappa shape index (κ3) is 4.38. The third-order valence-corrected chi connectivity index (χ3v) is 2.41. The summed E-state index contributed by atoms with van der Waals surface area (Å²) >= 11 is 0. The van der Waals surface area contributed by atoms with Crippen LogP contribution in [0.3, 0.4) is 0 Å². The van der Waals surface area contributed by atoms with Crippen LogP contribution in [0.1, 0.15) is 33.6 Å². The van der Waals surface area contributed by atoms with Crippen molar-refractivity contribution in [2.24, 2.45) is 17.6 Å². The highest BCUT2D eigenvalue weighted by atomic mass is 16.3. The zero-order chi connectivity index (χ0) is 8.85. The van der Waals surface area contributed by atoms with Gasteiger partial charge in [0.15, 0.2) is 0 Å². The average molecular weight is 159 g/mol. The van der Waals surface area contributed by atoms with Crippen molar-refractivity contribution < 1.29 is 5.11 Å². The van der Waals surface area contributed by atoms with Gasteiger partial charge in [0.05, 0.1) is 6.61 Å². The average Bonchev–Trinajstić information content (AvgIpc) is 2.02. The second-order valence-electron chi connectivity index (χ2n) is 3.57. The maximum absolute atomic E-state index is 8.77. The lowest BCUT2D eigenvalue weighted by molar-refractivity contribution is 0.217. The van der Waals surface area contributed by atoms with Gasteiger partial charge in [-0.3, -0.25) is 0 Å². The molecule has 2 unspecified atom stereocenters. The smallest absolute Gasteiger partial charge is 0.0585 e. The standard InChI is InChI=1S/C9H21NO/c1-4-7(2)5-8(3)9(10)6-11/h7-9,11H,4-6,10H2,1-3H3/t7?,8?,9-/m1/s1. The van der Waals surface area contributed by atoms with Crippen molar-refractivity contribution in [2.45, 2.75) is 39.7 Å². The fourth-order valence-corrected chi connectivity index (χ4v) is 1.16. The van der Waals surface area contributed by atoms with Crippen LogP contribution in [0.4, 0.5) is 0 Å². The molecule has 0 rings (SSSR count). The molecule has 3 N–H and O–H groups in total. The second kappa shape index (κ2) is 5.56. The number of aliphatic hydroxyl groups excluding tert-OH is 1. The molecule has 0 saturated heterocycles. The van der Waals surface area contributed by atoms with Gasteiger partial charge in [-0.05, 0) is 18.3 Å². The van der Waals surface area contributed by atoms with E-state index in [2.05, 4.69) is 20.8 Å². The van der Waals surface area contributed by atoms with Crippen molar-refractivity contribution in [2.75, 3.05) is 6.61 Å². The minimum atomic E-state index is -0.0380. The monoisotopic (exact) mass is 159 g/mol. The first-order chi connectivity index (χ1) is 5.11. The zero-order valence-corrected chi connectivity index (χ0v) is 7.88. The lowest BCUT2D eigenvalue weighted by Gasteiger charge is -2.20. The van der Waals surface area contributed by atoms with Crippen LogP contribution in [0, 0.1) is 11.8 Å². The van der Waals surface area contributed by atoms with E-state index in [4.69, 9.17) is 10.8 Å². The summed E-state index contributed by atoms with van der Waals surface area (Å²) in [7, 11) is 0. The Balaban J connectivity index is 3.58. The first kappa shape index (κ1) is 10.9. The lowest BCUT2D eigenvalue weighted by atomic mass is 9.91. The first-order valence-corrected chi connectivity index (χ1v) is 4.48. The number of hydrogen-bond acceptors (Lipinski definition) is 2. The topological polar surface area (TPSA) is 46.2 Å². The molecule has 0 aromatic rings. The van der Waals surface area contributed by atoms with Crippen molar-refractivity contribution in [3.8, 4) is 0 Å². The highest BCUT2D eigenvalue weighted by Gasteiger charge is 2.13. The summed E-state index contributed by atoms with van der Waals surface area (Å²) in [5, 5.41) is 8.77. The molecule has 0 radical (unpaired) electrons. The summed E-state index contributed by atoms with van der Waals surface area (Å²) in [6.07, 6.45) is 2.32. The quantitative estimate of drug-likeness (QED) is 0.636. The van der Waals surface area contributed by atoms with Crippen molar-refractivity contribution in [1.82, 2.24) is 0 Å². The molecule has 0 amide bonds. The molecule has 0 aliphatic rings. The maximum atomic E-state index is 8.77. The lowest BCUT2D eigenvalue weighted by Crippen LogP contribution is -2.32. The van der Waals surface area contributed by atoms with Gasteiger partial charge in [-0.2, -0.15) is 0 Å². The first-order valence-electron chi connectivity index (χ1n) is 4.48. The maximum Gasteiger partial charge on any atom is 0.0585 e. The van der Waals surface area contributed by atoms with E-state index in [0.29, 0.717) is 5.92 Å². The summed E-state index contributed by atoms with van der Waals surface area (Å²) < 4.78 is 0. The van der Waals surface area contributed by atoms with Crippen LogP contribution in [0.25, 0.3) is 0 Å². The van der Waals surface area contributed by atoms with Crippen LogP contribution in [0.15, 0.2) is 0 Å². The molecule has 0 saturated carbocycles. The van der Waals surface area contributed by atoms with Gasteiger partial charge in [0, 0.05) is 6.04 Å². The van der Waals surface area contributed by atoms with Gasteiger partial charge in [0.2, 0.25) is 0 Å². The molecule has 3 atom stereocenters. The molecule has 2 nitrogen and oxygen atoms in total. The van der Waals surface area contributed by atoms with Crippen LogP contribution in [0.2, 0.25) is 0 Å². The van der Waals surface area contributed by atoms with Crippen LogP contribution in [0.5, 0.6) is 0 Å².